The number of benzene rings is 1. The molecule has 1 fully saturated rings. The molecule has 3 rings (SSSR count). The van der Waals surface area contributed by atoms with Gasteiger partial charge in [0.15, 0.2) is 21.3 Å². The Bertz CT molecular complexity index is 974. The van der Waals surface area contributed by atoms with Crippen molar-refractivity contribution in [3.05, 3.63) is 23.3 Å². The number of carbonyl (C=O) groups is 1. The zero-order valence-electron chi connectivity index (χ0n) is 22.2. The van der Waals surface area contributed by atoms with Gasteiger partial charge in [0.1, 0.15) is 0 Å². The summed E-state index contributed by atoms with van der Waals surface area (Å²) in [5.41, 5.74) is 2.58. The molecule has 2 aliphatic heterocycles. The van der Waals surface area contributed by atoms with Gasteiger partial charge in [-0.25, -0.2) is 8.42 Å². The number of esters is 1. The summed E-state index contributed by atoms with van der Waals surface area (Å²) in [7, 11) is 0.195. The quantitative estimate of drug-likeness (QED) is 0.408. The van der Waals surface area contributed by atoms with Crippen LogP contribution in [0.5, 0.6) is 11.5 Å². The zero-order valence-corrected chi connectivity index (χ0v) is 23.0. The van der Waals surface area contributed by atoms with Crippen molar-refractivity contribution in [2.45, 2.75) is 71.1 Å². The Labute approximate surface area is 211 Å². The smallest absolute Gasteiger partial charge is 0.305 e. The molecule has 7 nitrogen and oxygen atoms in total. The van der Waals surface area contributed by atoms with Crippen LogP contribution >= 0.6 is 0 Å². The van der Waals surface area contributed by atoms with Crippen molar-refractivity contribution in [1.82, 2.24) is 4.90 Å². The standard InChI is InChI=1S/C27H43NO6S/c1-18(2)12-21-16-28-10-9-20-14-25(32-5)26(33-6)15-23(20)24(28)13-22(21)17-34-27(29)8-7-11-35(30,31)19(3)4/h14-15,18-19,21-22,24H,7-13,16-17H2,1-6H3/t21-,22+,24-/m1/s1. The van der Waals surface area contributed by atoms with Gasteiger partial charge in [-0.1, -0.05) is 13.8 Å². The van der Waals surface area contributed by atoms with E-state index in [2.05, 4.69) is 30.9 Å². The van der Waals surface area contributed by atoms with Crippen LogP contribution in [-0.2, 0) is 25.8 Å². The van der Waals surface area contributed by atoms with Crippen LogP contribution in [0.25, 0.3) is 0 Å². The Morgan fingerprint density at radius 3 is 2.40 bits per heavy atom. The number of fused-ring (bicyclic) bond motifs is 3. The monoisotopic (exact) mass is 509 g/mol. The Kier molecular flexibility index (Phi) is 9.49. The summed E-state index contributed by atoms with van der Waals surface area (Å²) in [6.45, 7) is 10.2. The third-order valence-corrected chi connectivity index (χ3v) is 9.83. The molecular formula is C27H43NO6S. The summed E-state index contributed by atoms with van der Waals surface area (Å²) in [6, 6.07) is 4.49. The Balaban J connectivity index is 1.69. The molecule has 0 saturated carbocycles. The average Bonchev–Trinajstić information content (AvgIpc) is 2.81. The molecule has 1 aromatic rings. The minimum atomic E-state index is -3.14. The van der Waals surface area contributed by atoms with Crippen LogP contribution in [0.1, 0.15) is 70.5 Å². The van der Waals surface area contributed by atoms with Gasteiger partial charge >= 0.3 is 5.97 Å². The van der Waals surface area contributed by atoms with E-state index in [1.54, 1.807) is 28.1 Å². The highest BCUT2D eigenvalue weighted by atomic mass is 32.2. The second-order valence-electron chi connectivity index (χ2n) is 10.8. The van der Waals surface area contributed by atoms with E-state index < -0.39 is 15.1 Å². The van der Waals surface area contributed by atoms with Crippen LogP contribution in [0.15, 0.2) is 12.1 Å². The van der Waals surface area contributed by atoms with Gasteiger partial charge in [0.2, 0.25) is 0 Å². The summed E-state index contributed by atoms with van der Waals surface area (Å²) in [5.74, 6) is 2.53. The van der Waals surface area contributed by atoms with E-state index in [1.165, 1.54) is 11.1 Å². The lowest BCUT2D eigenvalue weighted by Gasteiger charge is -2.47. The predicted octanol–water partition coefficient (Wildman–Crippen LogP) is 4.43. The average molecular weight is 510 g/mol. The zero-order chi connectivity index (χ0) is 25.8. The van der Waals surface area contributed by atoms with Crippen LogP contribution < -0.4 is 9.47 Å². The first-order valence-electron chi connectivity index (χ1n) is 12.9. The fraction of sp³-hybridized carbons (Fsp3) is 0.741. The highest BCUT2D eigenvalue weighted by Crippen LogP contribution is 2.45. The first-order chi connectivity index (χ1) is 16.6. The van der Waals surface area contributed by atoms with Gasteiger partial charge < -0.3 is 14.2 Å². The first kappa shape index (κ1) is 27.8. The van der Waals surface area contributed by atoms with Gasteiger partial charge in [-0.15, -0.1) is 0 Å². The number of carbonyl (C=O) groups excluding carboxylic acids is 1. The second kappa shape index (κ2) is 12.0. The molecule has 2 heterocycles. The van der Waals surface area contributed by atoms with Gasteiger partial charge in [-0.05, 0) is 80.5 Å². The summed E-state index contributed by atoms with van der Waals surface area (Å²) >= 11 is 0. The lowest BCUT2D eigenvalue weighted by Crippen LogP contribution is -2.47. The number of ether oxygens (including phenoxy) is 3. The van der Waals surface area contributed by atoms with Crippen molar-refractivity contribution < 1.29 is 27.4 Å². The molecule has 0 aromatic heterocycles. The normalized spacial score (nSPS) is 22.6. The molecule has 0 amide bonds. The number of rotatable bonds is 11. The van der Waals surface area contributed by atoms with Crippen molar-refractivity contribution in [1.29, 1.82) is 0 Å². The largest absolute Gasteiger partial charge is 0.493 e. The molecule has 2 aliphatic rings. The third kappa shape index (κ3) is 6.91. The minimum absolute atomic E-state index is 0.0261. The first-order valence-corrected chi connectivity index (χ1v) is 14.6. The Morgan fingerprint density at radius 1 is 1.09 bits per heavy atom. The van der Waals surface area contributed by atoms with Crippen LogP contribution in [-0.4, -0.2) is 64.2 Å². The Hall–Kier alpha value is -1.80. The van der Waals surface area contributed by atoms with Crippen molar-refractivity contribution in [3.63, 3.8) is 0 Å². The fourth-order valence-corrected chi connectivity index (χ4v) is 6.52. The van der Waals surface area contributed by atoms with E-state index in [4.69, 9.17) is 14.2 Å². The van der Waals surface area contributed by atoms with Crippen LogP contribution in [0, 0.1) is 17.8 Å². The van der Waals surface area contributed by atoms with Crippen molar-refractivity contribution in [2.75, 3.05) is 39.7 Å². The molecule has 0 N–H and O–H groups in total. The van der Waals surface area contributed by atoms with Gasteiger partial charge in [-0.3, -0.25) is 9.69 Å². The van der Waals surface area contributed by atoms with Gasteiger partial charge in [0.25, 0.3) is 0 Å². The molecule has 35 heavy (non-hydrogen) atoms. The molecule has 0 bridgehead atoms. The fourth-order valence-electron chi connectivity index (χ4n) is 5.51. The van der Waals surface area contributed by atoms with Gasteiger partial charge in [-0.2, -0.15) is 0 Å². The highest BCUT2D eigenvalue weighted by Gasteiger charge is 2.40. The van der Waals surface area contributed by atoms with Crippen LogP contribution in [0.2, 0.25) is 0 Å². The molecule has 0 spiro atoms. The summed E-state index contributed by atoms with van der Waals surface area (Å²) in [6.07, 6.45) is 3.46. The maximum Gasteiger partial charge on any atom is 0.305 e. The minimum Gasteiger partial charge on any atom is -0.493 e. The van der Waals surface area contributed by atoms with Gasteiger partial charge in [0, 0.05) is 25.6 Å². The van der Waals surface area contributed by atoms with Gasteiger partial charge in [0.05, 0.1) is 31.8 Å². The second-order valence-corrected chi connectivity index (χ2v) is 13.4. The number of methoxy groups -OCH3 is 2. The lowest BCUT2D eigenvalue weighted by molar-refractivity contribution is -0.146. The molecule has 8 heteroatoms. The van der Waals surface area contributed by atoms with Crippen LogP contribution in [0.4, 0.5) is 0 Å². The molecule has 0 unspecified atom stereocenters. The van der Waals surface area contributed by atoms with E-state index in [0.717, 1.165) is 43.9 Å². The summed E-state index contributed by atoms with van der Waals surface area (Å²) in [5, 5.41) is -0.419. The van der Waals surface area contributed by atoms with E-state index in [-0.39, 0.29) is 30.1 Å². The van der Waals surface area contributed by atoms with E-state index in [1.807, 2.05) is 0 Å². The molecule has 0 radical (unpaired) electrons. The number of hydrogen-bond donors (Lipinski definition) is 0. The molecule has 1 saturated heterocycles. The van der Waals surface area contributed by atoms with Crippen molar-refractivity contribution in [3.8, 4) is 11.5 Å². The lowest BCUT2D eigenvalue weighted by atomic mass is 9.74. The molecule has 1 aromatic carbocycles. The molecule has 198 valence electrons. The maximum absolute atomic E-state index is 12.4. The summed E-state index contributed by atoms with van der Waals surface area (Å²) in [4.78, 5) is 15.0. The van der Waals surface area contributed by atoms with Crippen LogP contribution in [0.3, 0.4) is 0 Å². The number of hydrogen-bond acceptors (Lipinski definition) is 7. The SMILES string of the molecule is COc1cc2c(cc1OC)[C@H]1C[C@@H](COC(=O)CCCS(=O)(=O)C(C)C)[C@H](CC(C)C)CN1CC2. The maximum atomic E-state index is 12.4. The number of sulfone groups is 1. The summed E-state index contributed by atoms with van der Waals surface area (Å²) < 4.78 is 40.8. The number of nitrogens with zero attached hydrogens (tertiary/aromatic N) is 1. The van der Waals surface area contributed by atoms with Crippen molar-refractivity contribution >= 4 is 15.8 Å². The number of piperidine rings is 1. The van der Waals surface area contributed by atoms with E-state index in [0.29, 0.717) is 24.9 Å². The molecular weight excluding hydrogens is 466 g/mol. The molecule has 0 aliphatic carbocycles. The Morgan fingerprint density at radius 2 is 1.77 bits per heavy atom. The van der Waals surface area contributed by atoms with Crippen molar-refractivity contribution in [2.24, 2.45) is 17.8 Å². The van der Waals surface area contributed by atoms with E-state index in [9.17, 15) is 13.2 Å². The highest BCUT2D eigenvalue weighted by molar-refractivity contribution is 7.91. The topological polar surface area (TPSA) is 82.1 Å². The molecule has 3 atom stereocenters. The third-order valence-electron chi connectivity index (χ3n) is 7.54. The van der Waals surface area contributed by atoms with E-state index >= 15 is 0 Å². The predicted molar refractivity (Wildman–Crippen MR) is 138 cm³/mol.